The summed E-state index contributed by atoms with van der Waals surface area (Å²) in [5, 5.41) is 7.11. The van der Waals surface area contributed by atoms with Gasteiger partial charge in [-0.2, -0.15) is 13.2 Å². The van der Waals surface area contributed by atoms with Crippen molar-refractivity contribution in [3.63, 3.8) is 0 Å². The molecule has 0 amide bonds. The van der Waals surface area contributed by atoms with Gasteiger partial charge >= 0.3 is 6.18 Å². The zero-order valence-corrected chi connectivity index (χ0v) is 18.4. The molecule has 0 bridgehead atoms. The third-order valence-corrected chi connectivity index (χ3v) is 8.19. The lowest BCUT2D eigenvalue weighted by Crippen LogP contribution is -2.64. The Morgan fingerprint density at radius 2 is 2.00 bits per heavy atom. The van der Waals surface area contributed by atoms with Crippen LogP contribution in [0.2, 0.25) is 0 Å². The standard InChI is InChI=1S/C18H37F3N6O3S/c1-24-16-11(8-22)3-4-14(30-2)17(16)27-31(28,29)13(9-23)10-26-15-7-12(5-6-25-15)18(19,20)21/h11-17,24-27H,3-10,22-23H2,1-2H3/i1D3. The second kappa shape index (κ2) is 11.5. The van der Waals surface area contributed by atoms with Gasteiger partial charge < -0.3 is 32.2 Å². The topological polar surface area (TPSA) is 144 Å². The van der Waals surface area contributed by atoms with Crippen LogP contribution in [0.3, 0.4) is 0 Å². The van der Waals surface area contributed by atoms with E-state index in [1.807, 2.05) is 0 Å². The quantitative estimate of drug-likeness (QED) is 0.236. The highest BCUT2D eigenvalue weighted by molar-refractivity contribution is 7.90. The van der Waals surface area contributed by atoms with Crippen LogP contribution in [0.4, 0.5) is 13.2 Å². The first-order valence-corrected chi connectivity index (χ1v) is 12.0. The largest absolute Gasteiger partial charge is 0.391 e. The molecule has 0 radical (unpaired) electrons. The van der Waals surface area contributed by atoms with Crippen LogP contribution in [0.5, 0.6) is 0 Å². The average Bonchev–Trinajstić information content (AvgIpc) is 2.73. The summed E-state index contributed by atoms with van der Waals surface area (Å²) in [6.45, 7) is -2.71. The Morgan fingerprint density at radius 1 is 1.26 bits per heavy atom. The number of rotatable bonds is 10. The highest BCUT2D eigenvalue weighted by atomic mass is 32.2. The van der Waals surface area contributed by atoms with Gasteiger partial charge in [0, 0.05) is 30.4 Å². The Morgan fingerprint density at radius 3 is 2.58 bits per heavy atom. The van der Waals surface area contributed by atoms with Crippen molar-refractivity contribution in [2.45, 2.75) is 61.5 Å². The van der Waals surface area contributed by atoms with E-state index < -0.39 is 58.7 Å². The maximum absolute atomic E-state index is 13.2. The van der Waals surface area contributed by atoms with Gasteiger partial charge in [0.25, 0.3) is 0 Å². The monoisotopic (exact) mass is 477 g/mol. The predicted molar refractivity (Wildman–Crippen MR) is 113 cm³/mol. The van der Waals surface area contributed by atoms with Crippen molar-refractivity contribution >= 4 is 10.0 Å². The van der Waals surface area contributed by atoms with Gasteiger partial charge in [-0.15, -0.1) is 0 Å². The maximum Gasteiger partial charge on any atom is 0.391 e. The van der Waals surface area contributed by atoms with Gasteiger partial charge in [-0.3, -0.25) is 0 Å². The Bertz CT molecular complexity index is 747. The van der Waals surface area contributed by atoms with Crippen LogP contribution in [0.1, 0.15) is 29.8 Å². The molecule has 184 valence electrons. The summed E-state index contributed by atoms with van der Waals surface area (Å²) < 4.78 is 96.4. The molecule has 0 aromatic carbocycles. The molecule has 8 N–H and O–H groups in total. The molecule has 1 aliphatic heterocycles. The Labute approximate surface area is 186 Å². The third kappa shape index (κ3) is 6.97. The van der Waals surface area contributed by atoms with Crippen molar-refractivity contribution in [3.05, 3.63) is 0 Å². The minimum Gasteiger partial charge on any atom is -0.380 e. The van der Waals surface area contributed by atoms with Crippen LogP contribution in [0.15, 0.2) is 0 Å². The van der Waals surface area contributed by atoms with Gasteiger partial charge in [0.05, 0.1) is 24.2 Å². The summed E-state index contributed by atoms with van der Waals surface area (Å²) in [7, 11) is -2.70. The van der Waals surface area contributed by atoms with E-state index in [0.29, 0.717) is 12.8 Å². The third-order valence-electron chi connectivity index (χ3n) is 6.35. The molecular weight excluding hydrogens is 437 g/mol. The van der Waals surface area contributed by atoms with Crippen LogP contribution in [0, 0.1) is 11.8 Å². The molecule has 2 fully saturated rings. The van der Waals surface area contributed by atoms with Gasteiger partial charge in [-0.25, -0.2) is 13.1 Å². The molecule has 9 nitrogen and oxygen atoms in total. The number of hydrogen-bond donors (Lipinski definition) is 6. The number of piperidine rings is 1. The SMILES string of the molecule is [2H]C([2H])([2H])NC1C(CN)CCC(OC)C1NS(=O)(=O)C(CN)CNC1CC(C(F)(F)F)CCN1. The number of nitrogens with two attached hydrogens (primary N) is 2. The van der Waals surface area contributed by atoms with Crippen LogP contribution in [-0.4, -0.2) is 84.5 Å². The fraction of sp³-hybridized carbons (Fsp3) is 1.00. The number of likely N-dealkylation sites (N-methyl/N-ethyl adjacent to an activating group) is 1. The molecule has 1 saturated heterocycles. The van der Waals surface area contributed by atoms with Crippen LogP contribution in [-0.2, 0) is 14.8 Å². The van der Waals surface area contributed by atoms with E-state index in [1.54, 1.807) is 0 Å². The molecule has 31 heavy (non-hydrogen) atoms. The minimum absolute atomic E-state index is 0.0396. The summed E-state index contributed by atoms with van der Waals surface area (Å²) >= 11 is 0. The lowest BCUT2D eigenvalue weighted by molar-refractivity contribution is -0.183. The first-order chi connectivity index (χ1) is 15.7. The van der Waals surface area contributed by atoms with Crippen molar-refractivity contribution in [1.29, 1.82) is 0 Å². The molecule has 7 unspecified atom stereocenters. The van der Waals surface area contributed by atoms with Gasteiger partial charge in [-0.1, -0.05) is 0 Å². The lowest BCUT2D eigenvalue weighted by atomic mass is 9.79. The Hall–Kier alpha value is -0.540. The Kier molecular flexibility index (Phi) is 8.29. The molecule has 0 aromatic rings. The summed E-state index contributed by atoms with van der Waals surface area (Å²) in [6.07, 6.45) is -4.86. The highest BCUT2D eigenvalue weighted by Crippen LogP contribution is 2.33. The highest BCUT2D eigenvalue weighted by Gasteiger charge is 2.43. The normalized spacial score (nSPS) is 35.7. The smallest absolute Gasteiger partial charge is 0.380 e. The molecule has 1 heterocycles. The van der Waals surface area contributed by atoms with E-state index >= 15 is 0 Å². The molecule has 1 aliphatic carbocycles. The van der Waals surface area contributed by atoms with Crippen molar-refractivity contribution in [3.8, 4) is 0 Å². The number of alkyl halides is 3. The number of nitrogens with one attached hydrogen (secondary N) is 4. The van der Waals surface area contributed by atoms with Crippen molar-refractivity contribution in [2.24, 2.45) is 23.3 Å². The van der Waals surface area contributed by atoms with E-state index in [1.165, 1.54) is 7.11 Å². The summed E-state index contributed by atoms with van der Waals surface area (Å²) in [6, 6.07) is -1.74. The first kappa shape index (κ1) is 22.3. The molecule has 2 rings (SSSR count). The summed E-state index contributed by atoms with van der Waals surface area (Å²) in [5.74, 6) is -1.78. The van der Waals surface area contributed by atoms with Crippen molar-refractivity contribution in [1.82, 2.24) is 20.7 Å². The number of halogens is 3. The first-order valence-electron chi connectivity index (χ1n) is 12.0. The summed E-state index contributed by atoms with van der Waals surface area (Å²) in [4.78, 5) is 0. The van der Waals surface area contributed by atoms with Crippen LogP contribution in [0.25, 0.3) is 0 Å². The van der Waals surface area contributed by atoms with E-state index in [4.69, 9.17) is 20.3 Å². The van der Waals surface area contributed by atoms with Gasteiger partial charge in [0.15, 0.2) is 0 Å². The Balaban J connectivity index is 2.12. The van der Waals surface area contributed by atoms with Crippen LogP contribution >= 0.6 is 0 Å². The number of methoxy groups -OCH3 is 1. The number of ether oxygens (including phenoxy) is 1. The fourth-order valence-electron chi connectivity index (χ4n) is 4.40. The van der Waals surface area contributed by atoms with Crippen molar-refractivity contribution in [2.75, 3.05) is 40.3 Å². The molecule has 13 heteroatoms. The van der Waals surface area contributed by atoms with Gasteiger partial charge in [0.2, 0.25) is 10.0 Å². The lowest BCUT2D eigenvalue weighted by Gasteiger charge is -2.42. The second-order valence-electron chi connectivity index (χ2n) is 8.24. The molecular formula is C18H37F3N6O3S. The van der Waals surface area contributed by atoms with Crippen LogP contribution < -0.4 is 32.1 Å². The second-order valence-corrected chi connectivity index (χ2v) is 10.2. The average molecular weight is 478 g/mol. The van der Waals surface area contributed by atoms with Gasteiger partial charge in [0.1, 0.15) is 5.25 Å². The molecule has 1 saturated carbocycles. The minimum atomic E-state index is -4.32. The van der Waals surface area contributed by atoms with Crippen molar-refractivity contribution < 1.29 is 30.4 Å². The molecule has 0 aromatic heterocycles. The maximum atomic E-state index is 13.2. The number of hydrogen-bond acceptors (Lipinski definition) is 8. The summed E-state index contributed by atoms with van der Waals surface area (Å²) in [5.41, 5.74) is 11.5. The van der Waals surface area contributed by atoms with E-state index in [-0.39, 0.29) is 44.9 Å². The van der Waals surface area contributed by atoms with Gasteiger partial charge in [-0.05, 0) is 51.7 Å². The predicted octanol–water partition coefficient (Wildman–Crippen LogP) is -0.949. The zero-order chi connectivity index (χ0) is 25.7. The van der Waals surface area contributed by atoms with E-state index in [2.05, 4.69) is 20.7 Å². The fourth-order valence-corrected chi connectivity index (χ4v) is 5.84. The van der Waals surface area contributed by atoms with E-state index in [0.717, 1.165) is 0 Å². The van der Waals surface area contributed by atoms with E-state index in [9.17, 15) is 21.6 Å². The molecule has 0 spiro atoms. The molecule has 7 atom stereocenters. The molecule has 2 aliphatic rings. The number of sulfonamides is 1. The zero-order valence-electron chi connectivity index (χ0n) is 20.6.